The number of likely N-dealkylation sites (tertiary alicyclic amines) is 1. The van der Waals surface area contributed by atoms with Crippen molar-refractivity contribution in [3.8, 4) is 11.5 Å². The Morgan fingerprint density at radius 1 is 1.12 bits per heavy atom. The summed E-state index contributed by atoms with van der Waals surface area (Å²) in [5, 5.41) is 2.93. The molecule has 2 rings (SSSR count). The van der Waals surface area contributed by atoms with Crippen LogP contribution in [0.2, 0.25) is 0 Å². The molecule has 0 radical (unpaired) electrons. The molecule has 0 saturated carbocycles. The molecular weight excluding hydrogens is 304 g/mol. The average molecular weight is 334 g/mol. The van der Waals surface area contributed by atoms with Gasteiger partial charge < -0.3 is 14.8 Å². The Balaban J connectivity index is 1.62. The minimum Gasteiger partial charge on any atom is -0.494 e. The van der Waals surface area contributed by atoms with Gasteiger partial charge in [-0.15, -0.1) is 0 Å². The van der Waals surface area contributed by atoms with E-state index in [2.05, 4.69) is 24.1 Å². The van der Waals surface area contributed by atoms with E-state index in [0.29, 0.717) is 38.1 Å². The minimum absolute atomic E-state index is 0.0755. The molecule has 1 aliphatic heterocycles. The van der Waals surface area contributed by atoms with E-state index in [-0.39, 0.29) is 5.91 Å². The number of ether oxygens (including phenoxy) is 2. The van der Waals surface area contributed by atoms with Crippen molar-refractivity contribution in [3.05, 3.63) is 24.3 Å². The van der Waals surface area contributed by atoms with Crippen molar-refractivity contribution >= 4 is 5.91 Å². The van der Waals surface area contributed by atoms with Crippen LogP contribution in [0.3, 0.4) is 0 Å². The average Bonchev–Trinajstić information content (AvgIpc) is 2.52. The number of nitrogens with one attached hydrogen (secondary N) is 1. The van der Waals surface area contributed by atoms with E-state index >= 15 is 0 Å². The maximum atomic E-state index is 12.0. The van der Waals surface area contributed by atoms with Crippen molar-refractivity contribution in [2.24, 2.45) is 11.8 Å². The molecule has 24 heavy (non-hydrogen) atoms. The molecule has 1 fully saturated rings. The zero-order valence-corrected chi connectivity index (χ0v) is 15.1. The van der Waals surface area contributed by atoms with E-state index in [9.17, 15) is 4.79 Å². The third-order valence-corrected chi connectivity index (χ3v) is 4.14. The standard InChI is InChI=1S/C19H30N2O3/c1-4-23-17-5-7-18(8-6-17)24-10-9-20-19(22)14-21-12-15(2)11-16(3)13-21/h5-8,15-16H,4,9-14H2,1-3H3,(H,20,22)/t15-,16-/m1/s1. The molecule has 0 bridgehead atoms. The van der Waals surface area contributed by atoms with Crippen LogP contribution < -0.4 is 14.8 Å². The summed E-state index contributed by atoms with van der Waals surface area (Å²) in [5.74, 6) is 3.04. The SMILES string of the molecule is CCOc1ccc(OCCNC(=O)CN2C[C@H](C)C[C@@H](C)C2)cc1. The van der Waals surface area contributed by atoms with E-state index < -0.39 is 0 Å². The van der Waals surface area contributed by atoms with Crippen molar-refractivity contribution in [3.63, 3.8) is 0 Å². The summed E-state index contributed by atoms with van der Waals surface area (Å²) >= 11 is 0. The van der Waals surface area contributed by atoms with E-state index in [1.165, 1.54) is 6.42 Å². The molecule has 5 heteroatoms. The molecule has 1 amide bonds. The van der Waals surface area contributed by atoms with Crippen LogP contribution in [0, 0.1) is 11.8 Å². The molecule has 0 spiro atoms. The van der Waals surface area contributed by atoms with Crippen LogP contribution in [0.1, 0.15) is 27.2 Å². The van der Waals surface area contributed by atoms with Gasteiger partial charge in [0.25, 0.3) is 0 Å². The highest BCUT2D eigenvalue weighted by Crippen LogP contribution is 2.20. The monoisotopic (exact) mass is 334 g/mol. The largest absolute Gasteiger partial charge is 0.494 e. The van der Waals surface area contributed by atoms with Gasteiger partial charge in [-0.2, -0.15) is 0 Å². The zero-order chi connectivity index (χ0) is 17.4. The van der Waals surface area contributed by atoms with Crippen molar-refractivity contribution in [1.82, 2.24) is 10.2 Å². The number of carbonyl (C=O) groups is 1. The summed E-state index contributed by atoms with van der Waals surface area (Å²) in [5.41, 5.74) is 0. The Kier molecular flexibility index (Phi) is 7.37. The van der Waals surface area contributed by atoms with Crippen molar-refractivity contribution in [2.75, 3.05) is 39.4 Å². The molecule has 0 aromatic heterocycles. The fourth-order valence-electron chi connectivity index (χ4n) is 3.34. The minimum atomic E-state index is 0.0755. The Hall–Kier alpha value is -1.75. The normalized spacial score (nSPS) is 21.3. The molecule has 1 N–H and O–H groups in total. The summed E-state index contributed by atoms with van der Waals surface area (Å²) in [6.07, 6.45) is 1.26. The van der Waals surface area contributed by atoms with Crippen LogP contribution in [0.4, 0.5) is 0 Å². The van der Waals surface area contributed by atoms with E-state index in [1.807, 2.05) is 31.2 Å². The Morgan fingerprint density at radius 2 is 1.71 bits per heavy atom. The van der Waals surface area contributed by atoms with Crippen LogP contribution in [-0.4, -0.2) is 50.2 Å². The number of benzene rings is 1. The van der Waals surface area contributed by atoms with Crippen LogP contribution in [0.5, 0.6) is 11.5 Å². The summed E-state index contributed by atoms with van der Waals surface area (Å²) in [6.45, 7) is 10.6. The Morgan fingerprint density at radius 3 is 2.29 bits per heavy atom. The second kappa shape index (κ2) is 9.52. The molecule has 1 heterocycles. The first-order valence-electron chi connectivity index (χ1n) is 8.91. The lowest BCUT2D eigenvalue weighted by Gasteiger charge is -2.34. The van der Waals surface area contributed by atoms with Gasteiger partial charge in [0, 0.05) is 13.1 Å². The van der Waals surface area contributed by atoms with E-state index in [1.54, 1.807) is 0 Å². The maximum Gasteiger partial charge on any atom is 0.234 e. The molecule has 0 aliphatic carbocycles. The van der Waals surface area contributed by atoms with Gasteiger partial charge in [-0.05, 0) is 49.4 Å². The van der Waals surface area contributed by atoms with Crippen molar-refractivity contribution < 1.29 is 14.3 Å². The lowest BCUT2D eigenvalue weighted by Crippen LogP contribution is -2.45. The number of rotatable bonds is 8. The van der Waals surface area contributed by atoms with Gasteiger partial charge in [-0.25, -0.2) is 0 Å². The molecule has 1 aromatic rings. The van der Waals surface area contributed by atoms with Crippen LogP contribution in [0.15, 0.2) is 24.3 Å². The molecule has 2 atom stereocenters. The smallest absolute Gasteiger partial charge is 0.234 e. The van der Waals surface area contributed by atoms with Crippen LogP contribution in [0.25, 0.3) is 0 Å². The van der Waals surface area contributed by atoms with E-state index in [0.717, 1.165) is 24.6 Å². The van der Waals surface area contributed by atoms with E-state index in [4.69, 9.17) is 9.47 Å². The van der Waals surface area contributed by atoms with Crippen LogP contribution >= 0.6 is 0 Å². The highest BCUT2D eigenvalue weighted by Gasteiger charge is 2.22. The number of hydrogen-bond acceptors (Lipinski definition) is 4. The van der Waals surface area contributed by atoms with Gasteiger partial charge in [0.1, 0.15) is 18.1 Å². The lowest BCUT2D eigenvalue weighted by molar-refractivity contribution is -0.122. The summed E-state index contributed by atoms with van der Waals surface area (Å²) in [6, 6.07) is 7.53. The molecular formula is C19H30N2O3. The quantitative estimate of drug-likeness (QED) is 0.743. The molecule has 0 unspecified atom stereocenters. The third-order valence-electron chi connectivity index (χ3n) is 4.14. The predicted molar refractivity (Wildman–Crippen MR) is 95.5 cm³/mol. The second-order valence-corrected chi connectivity index (χ2v) is 6.74. The number of nitrogens with zero attached hydrogens (tertiary/aromatic N) is 1. The van der Waals surface area contributed by atoms with Crippen molar-refractivity contribution in [1.29, 1.82) is 0 Å². The van der Waals surface area contributed by atoms with Gasteiger partial charge in [0.15, 0.2) is 0 Å². The van der Waals surface area contributed by atoms with Gasteiger partial charge in [-0.1, -0.05) is 13.8 Å². The summed E-state index contributed by atoms with van der Waals surface area (Å²) in [7, 11) is 0. The van der Waals surface area contributed by atoms with Gasteiger partial charge >= 0.3 is 0 Å². The first kappa shape index (κ1) is 18.6. The van der Waals surface area contributed by atoms with Gasteiger partial charge in [0.2, 0.25) is 5.91 Å². The zero-order valence-electron chi connectivity index (χ0n) is 15.1. The Labute approximate surface area is 145 Å². The first-order valence-corrected chi connectivity index (χ1v) is 8.91. The number of piperidine rings is 1. The predicted octanol–water partition coefficient (Wildman–Crippen LogP) is 2.56. The number of hydrogen-bond donors (Lipinski definition) is 1. The maximum absolute atomic E-state index is 12.0. The lowest BCUT2D eigenvalue weighted by atomic mass is 9.92. The highest BCUT2D eigenvalue weighted by atomic mass is 16.5. The van der Waals surface area contributed by atoms with Gasteiger partial charge in [0.05, 0.1) is 19.7 Å². The molecule has 134 valence electrons. The summed E-state index contributed by atoms with van der Waals surface area (Å²) < 4.78 is 11.0. The Bertz CT molecular complexity index is 494. The highest BCUT2D eigenvalue weighted by molar-refractivity contribution is 5.78. The molecule has 5 nitrogen and oxygen atoms in total. The third kappa shape index (κ3) is 6.40. The van der Waals surface area contributed by atoms with Gasteiger partial charge in [-0.3, -0.25) is 9.69 Å². The fourth-order valence-corrected chi connectivity index (χ4v) is 3.34. The van der Waals surface area contributed by atoms with Crippen LogP contribution in [-0.2, 0) is 4.79 Å². The second-order valence-electron chi connectivity index (χ2n) is 6.74. The van der Waals surface area contributed by atoms with Crippen molar-refractivity contribution in [2.45, 2.75) is 27.2 Å². The molecule has 1 saturated heterocycles. The number of amides is 1. The summed E-state index contributed by atoms with van der Waals surface area (Å²) in [4.78, 5) is 14.3. The fraction of sp³-hybridized carbons (Fsp3) is 0.632. The first-order chi connectivity index (χ1) is 11.6. The topological polar surface area (TPSA) is 50.8 Å². The number of carbonyl (C=O) groups excluding carboxylic acids is 1. The molecule has 1 aromatic carbocycles. The molecule has 1 aliphatic rings.